The van der Waals surface area contributed by atoms with Gasteiger partial charge >= 0.3 is 0 Å². The second kappa shape index (κ2) is 4.42. The van der Waals surface area contributed by atoms with Crippen molar-refractivity contribution in [1.82, 2.24) is 9.55 Å². The smallest absolute Gasteiger partial charge is 0.101 e. The van der Waals surface area contributed by atoms with Gasteiger partial charge in [-0.1, -0.05) is 36.4 Å². The third kappa shape index (κ3) is 1.57. The van der Waals surface area contributed by atoms with E-state index in [0.29, 0.717) is 0 Å². The quantitative estimate of drug-likeness (QED) is 0.405. The maximum absolute atomic E-state index is 4.59. The summed E-state index contributed by atoms with van der Waals surface area (Å²) in [4.78, 5) is 4.59. The number of rotatable bonds is 1. The molecule has 0 atom stereocenters. The summed E-state index contributed by atoms with van der Waals surface area (Å²) in [7, 11) is 0. The van der Waals surface area contributed by atoms with Crippen molar-refractivity contribution >= 4 is 43.4 Å². The van der Waals surface area contributed by atoms with Gasteiger partial charge in [-0.2, -0.15) is 0 Å². The Morgan fingerprint density at radius 1 is 0.818 bits per heavy atom. The lowest BCUT2D eigenvalue weighted by molar-refractivity contribution is 1.22. The van der Waals surface area contributed by atoms with Gasteiger partial charge in [-0.15, -0.1) is 11.3 Å². The molecule has 3 heteroatoms. The standard InChI is InChI=1S/C19H12N2S/c1-4-10-17-13(6-1)12-18(22-17)21-15-8-3-2-7-14(15)19-16(21)9-5-11-20-19/h1-12H. The highest BCUT2D eigenvalue weighted by molar-refractivity contribution is 7.21. The van der Waals surface area contributed by atoms with Crippen LogP contribution in [0.4, 0.5) is 0 Å². The highest BCUT2D eigenvalue weighted by atomic mass is 32.1. The average Bonchev–Trinajstić information content (AvgIpc) is 3.13. The minimum atomic E-state index is 1.07. The van der Waals surface area contributed by atoms with Gasteiger partial charge in [0.2, 0.25) is 0 Å². The lowest BCUT2D eigenvalue weighted by Crippen LogP contribution is -1.89. The van der Waals surface area contributed by atoms with E-state index in [9.17, 15) is 0 Å². The highest BCUT2D eigenvalue weighted by Gasteiger charge is 2.13. The fourth-order valence-corrected chi connectivity index (χ4v) is 4.19. The van der Waals surface area contributed by atoms with E-state index in [0.717, 1.165) is 11.0 Å². The van der Waals surface area contributed by atoms with Crippen LogP contribution in [0, 0.1) is 0 Å². The van der Waals surface area contributed by atoms with Crippen molar-refractivity contribution < 1.29 is 0 Å². The second-order valence-corrected chi connectivity index (χ2v) is 6.41. The molecular formula is C19H12N2S. The van der Waals surface area contributed by atoms with Crippen molar-refractivity contribution in [3.8, 4) is 5.00 Å². The molecular weight excluding hydrogens is 288 g/mol. The van der Waals surface area contributed by atoms with Crippen LogP contribution in [0.2, 0.25) is 0 Å². The number of pyridine rings is 1. The van der Waals surface area contributed by atoms with Gasteiger partial charge < -0.3 is 0 Å². The van der Waals surface area contributed by atoms with Gasteiger partial charge in [0, 0.05) is 16.3 Å². The van der Waals surface area contributed by atoms with Crippen LogP contribution in [0.25, 0.3) is 37.0 Å². The Hall–Kier alpha value is -2.65. The summed E-state index contributed by atoms with van der Waals surface area (Å²) in [5, 5.41) is 3.73. The molecule has 104 valence electrons. The molecule has 3 heterocycles. The Kier molecular flexibility index (Phi) is 2.40. The van der Waals surface area contributed by atoms with Crippen LogP contribution in [-0.2, 0) is 0 Å². The third-order valence-corrected chi connectivity index (χ3v) is 5.16. The monoisotopic (exact) mass is 300 g/mol. The zero-order valence-corrected chi connectivity index (χ0v) is 12.5. The summed E-state index contributed by atoms with van der Waals surface area (Å²) in [6.07, 6.45) is 1.87. The van der Waals surface area contributed by atoms with E-state index < -0.39 is 0 Å². The molecule has 0 saturated heterocycles. The molecule has 0 saturated carbocycles. The van der Waals surface area contributed by atoms with Gasteiger partial charge in [0.05, 0.1) is 16.6 Å². The second-order valence-electron chi connectivity index (χ2n) is 5.35. The average molecular weight is 300 g/mol. The molecule has 0 fully saturated rings. The van der Waals surface area contributed by atoms with Crippen LogP contribution >= 0.6 is 11.3 Å². The maximum atomic E-state index is 4.59. The van der Waals surface area contributed by atoms with Gasteiger partial charge in [-0.05, 0) is 35.7 Å². The lowest BCUT2D eigenvalue weighted by atomic mass is 10.2. The summed E-state index contributed by atoms with van der Waals surface area (Å²) in [6.45, 7) is 0. The van der Waals surface area contributed by atoms with Crippen molar-refractivity contribution in [2.45, 2.75) is 0 Å². The molecule has 5 aromatic rings. The molecule has 0 amide bonds. The van der Waals surface area contributed by atoms with Crippen LogP contribution in [0.15, 0.2) is 72.9 Å². The van der Waals surface area contributed by atoms with Crippen LogP contribution in [0.1, 0.15) is 0 Å². The van der Waals surface area contributed by atoms with Crippen molar-refractivity contribution in [3.05, 3.63) is 72.9 Å². The molecule has 0 bridgehead atoms. The maximum Gasteiger partial charge on any atom is 0.101 e. The molecule has 3 aromatic heterocycles. The Labute approximate surface area is 131 Å². The third-order valence-electron chi connectivity index (χ3n) is 4.06. The van der Waals surface area contributed by atoms with Crippen LogP contribution in [0.5, 0.6) is 0 Å². The number of thiophene rings is 1. The summed E-state index contributed by atoms with van der Waals surface area (Å²) < 4.78 is 3.63. The Balaban J connectivity index is 1.96. The number of nitrogens with zero attached hydrogens (tertiary/aromatic N) is 2. The molecule has 22 heavy (non-hydrogen) atoms. The van der Waals surface area contributed by atoms with E-state index in [1.54, 1.807) is 0 Å². The van der Waals surface area contributed by atoms with Crippen molar-refractivity contribution in [1.29, 1.82) is 0 Å². The van der Waals surface area contributed by atoms with Gasteiger partial charge in [0.1, 0.15) is 5.00 Å². The van der Waals surface area contributed by atoms with Gasteiger partial charge in [-0.3, -0.25) is 9.55 Å². The number of aromatic nitrogens is 2. The lowest BCUT2D eigenvalue weighted by Gasteiger charge is -2.03. The predicted octanol–water partition coefficient (Wildman–Crippen LogP) is 5.39. The number of fused-ring (bicyclic) bond motifs is 4. The SMILES string of the molecule is c1ccc2sc(-n3c4ccccc4c4ncccc43)cc2c1. The summed E-state index contributed by atoms with van der Waals surface area (Å²) in [5.41, 5.74) is 3.44. The fraction of sp³-hybridized carbons (Fsp3) is 0. The molecule has 2 aromatic carbocycles. The first-order valence-electron chi connectivity index (χ1n) is 7.25. The first kappa shape index (κ1) is 12.0. The van der Waals surface area contributed by atoms with Crippen LogP contribution in [0.3, 0.4) is 0 Å². The number of para-hydroxylation sites is 1. The predicted molar refractivity (Wildman–Crippen MR) is 94.0 cm³/mol. The van der Waals surface area contributed by atoms with Gasteiger partial charge in [0.15, 0.2) is 0 Å². The van der Waals surface area contributed by atoms with Crippen LogP contribution in [-0.4, -0.2) is 9.55 Å². The van der Waals surface area contributed by atoms with Crippen molar-refractivity contribution in [2.24, 2.45) is 0 Å². The van der Waals surface area contributed by atoms with E-state index in [4.69, 9.17) is 0 Å². The molecule has 0 unspecified atom stereocenters. The number of hydrogen-bond donors (Lipinski definition) is 0. The number of benzene rings is 2. The molecule has 0 aliphatic carbocycles. The van der Waals surface area contributed by atoms with E-state index in [1.165, 1.54) is 26.0 Å². The molecule has 5 rings (SSSR count). The van der Waals surface area contributed by atoms with E-state index in [1.807, 2.05) is 23.6 Å². The highest BCUT2D eigenvalue weighted by Crippen LogP contribution is 2.35. The number of hydrogen-bond acceptors (Lipinski definition) is 2. The Morgan fingerprint density at radius 3 is 2.59 bits per heavy atom. The molecule has 0 spiro atoms. The van der Waals surface area contributed by atoms with Crippen LogP contribution < -0.4 is 0 Å². The molecule has 2 nitrogen and oxygen atoms in total. The molecule has 0 radical (unpaired) electrons. The fourth-order valence-electron chi connectivity index (χ4n) is 3.10. The zero-order chi connectivity index (χ0) is 14.5. The van der Waals surface area contributed by atoms with Gasteiger partial charge in [-0.25, -0.2) is 0 Å². The van der Waals surface area contributed by atoms with Crippen molar-refractivity contribution in [3.63, 3.8) is 0 Å². The first-order valence-corrected chi connectivity index (χ1v) is 8.06. The summed E-state index contributed by atoms with van der Waals surface area (Å²) >= 11 is 1.82. The Morgan fingerprint density at radius 2 is 1.64 bits per heavy atom. The molecule has 0 aliphatic rings. The van der Waals surface area contributed by atoms with Crippen molar-refractivity contribution in [2.75, 3.05) is 0 Å². The summed E-state index contributed by atoms with van der Waals surface area (Å²) in [5.74, 6) is 0. The first-order chi connectivity index (χ1) is 10.9. The zero-order valence-electron chi connectivity index (χ0n) is 11.7. The topological polar surface area (TPSA) is 17.8 Å². The summed E-state index contributed by atoms with van der Waals surface area (Å²) in [6, 6.07) is 23.4. The van der Waals surface area contributed by atoms with E-state index in [2.05, 4.69) is 70.2 Å². The molecule has 0 N–H and O–H groups in total. The minimum absolute atomic E-state index is 1.07. The normalized spacial score (nSPS) is 11.6. The van der Waals surface area contributed by atoms with E-state index >= 15 is 0 Å². The van der Waals surface area contributed by atoms with E-state index in [-0.39, 0.29) is 0 Å². The van der Waals surface area contributed by atoms with Gasteiger partial charge in [0.25, 0.3) is 0 Å². The largest absolute Gasteiger partial charge is 0.299 e. The minimum Gasteiger partial charge on any atom is -0.299 e. The Bertz CT molecular complexity index is 1050. The molecule has 0 aliphatic heterocycles.